The molecule has 0 fully saturated rings. The summed E-state index contributed by atoms with van der Waals surface area (Å²) in [7, 11) is 0. The quantitative estimate of drug-likeness (QED) is 0.676. The second-order valence-electron chi connectivity index (χ2n) is 5.38. The smallest absolute Gasteiger partial charge is 0.311 e. The van der Waals surface area contributed by atoms with E-state index in [1.54, 1.807) is 13.0 Å². The van der Waals surface area contributed by atoms with Crippen LogP contribution in [-0.4, -0.2) is 17.4 Å². The van der Waals surface area contributed by atoms with E-state index in [1.165, 1.54) is 12.1 Å². The highest BCUT2D eigenvalue weighted by Crippen LogP contribution is 2.27. The number of nitrogens with zero attached hydrogens (tertiary/aromatic N) is 1. The Morgan fingerprint density at radius 1 is 1.13 bits per heavy atom. The van der Waals surface area contributed by atoms with Crippen molar-refractivity contribution in [1.29, 1.82) is 0 Å². The molecule has 23 heavy (non-hydrogen) atoms. The van der Waals surface area contributed by atoms with Crippen molar-refractivity contribution in [2.45, 2.75) is 20.8 Å². The third-order valence-corrected chi connectivity index (χ3v) is 3.33. The molecule has 0 heterocycles. The van der Waals surface area contributed by atoms with E-state index in [4.69, 9.17) is 4.74 Å². The number of hydrogen-bond donors (Lipinski definition) is 1. The summed E-state index contributed by atoms with van der Waals surface area (Å²) in [5.41, 5.74) is 3.35. The van der Waals surface area contributed by atoms with Crippen molar-refractivity contribution < 1.29 is 14.5 Å². The van der Waals surface area contributed by atoms with Gasteiger partial charge in [0.25, 0.3) is 5.91 Å². The summed E-state index contributed by atoms with van der Waals surface area (Å²) in [4.78, 5) is 22.5. The number of rotatable bonds is 5. The van der Waals surface area contributed by atoms with Crippen LogP contribution in [0.25, 0.3) is 0 Å². The molecular formula is C17H18N2O4. The Morgan fingerprint density at radius 2 is 1.78 bits per heavy atom. The van der Waals surface area contributed by atoms with Crippen molar-refractivity contribution in [2.75, 3.05) is 11.9 Å². The van der Waals surface area contributed by atoms with Gasteiger partial charge in [-0.2, -0.15) is 0 Å². The Bertz CT molecular complexity index is 756. The van der Waals surface area contributed by atoms with Crippen LogP contribution < -0.4 is 10.1 Å². The van der Waals surface area contributed by atoms with Crippen molar-refractivity contribution in [3.8, 4) is 5.75 Å². The fourth-order valence-electron chi connectivity index (χ4n) is 2.18. The van der Waals surface area contributed by atoms with Gasteiger partial charge in [0.05, 0.1) is 4.92 Å². The fourth-order valence-corrected chi connectivity index (χ4v) is 2.18. The zero-order valence-electron chi connectivity index (χ0n) is 13.3. The molecular weight excluding hydrogens is 296 g/mol. The number of nitrogens with one attached hydrogen (secondary N) is 1. The Hall–Kier alpha value is -2.89. The first-order valence-electron chi connectivity index (χ1n) is 7.12. The number of anilines is 1. The number of carbonyl (C=O) groups is 1. The van der Waals surface area contributed by atoms with Crippen LogP contribution in [0.1, 0.15) is 16.7 Å². The summed E-state index contributed by atoms with van der Waals surface area (Å²) < 4.78 is 5.30. The van der Waals surface area contributed by atoms with Gasteiger partial charge in [0.2, 0.25) is 0 Å². The SMILES string of the molecule is Cc1ccc(NC(=O)COc2ccc(C)cc2[N+](=O)[O-])c(C)c1. The number of benzene rings is 2. The van der Waals surface area contributed by atoms with E-state index in [1.807, 2.05) is 32.0 Å². The number of aryl methyl sites for hydroxylation is 3. The maximum absolute atomic E-state index is 12.0. The largest absolute Gasteiger partial charge is 0.477 e. The first-order chi connectivity index (χ1) is 10.9. The summed E-state index contributed by atoms with van der Waals surface area (Å²) in [5.74, 6) is -0.289. The molecule has 0 aliphatic heterocycles. The van der Waals surface area contributed by atoms with Gasteiger partial charge in [0.15, 0.2) is 12.4 Å². The molecule has 0 spiro atoms. The Morgan fingerprint density at radius 3 is 2.43 bits per heavy atom. The molecule has 2 rings (SSSR count). The standard InChI is InChI=1S/C17H18N2O4/c1-11-4-6-14(13(3)8-11)18-17(20)10-23-16-7-5-12(2)9-15(16)19(21)22/h4-9H,10H2,1-3H3,(H,18,20). The van der Waals surface area contributed by atoms with Crippen molar-refractivity contribution in [1.82, 2.24) is 0 Å². The molecule has 1 amide bonds. The molecule has 0 saturated carbocycles. The minimum Gasteiger partial charge on any atom is -0.477 e. The highest BCUT2D eigenvalue weighted by atomic mass is 16.6. The van der Waals surface area contributed by atoms with Crippen LogP contribution in [0.4, 0.5) is 11.4 Å². The Kier molecular flexibility index (Phi) is 4.95. The third kappa shape index (κ3) is 4.29. The fraction of sp³-hybridized carbons (Fsp3) is 0.235. The average Bonchev–Trinajstić information content (AvgIpc) is 2.48. The zero-order valence-corrected chi connectivity index (χ0v) is 13.3. The monoisotopic (exact) mass is 314 g/mol. The van der Waals surface area contributed by atoms with E-state index in [0.29, 0.717) is 5.69 Å². The lowest BCUT2D eigenvalue weighted by molar-refractivity contribution is -0.385. The van der Waals surface area contributed by atoms with Crippen LogP contribution in [-0.2, 0) is 4.79 Å². The molecule has 0 radical (unpaired) electrons. The van der Waals surface area contributed by atoms with E-state index in [9.17, 15) is 14.9 Å². The molecule has 0 aliphatic carbocycles. The Labute approximate surface area is 134 Å². The maximum atomic E-state index is 12.0. The van der Waals surface area contributed by atoms with Gasteiger partial charge in [0.1, 0.15) is 0 Å². The number of nitro groups is 1. The van der Waals surface area contributed by atoms with E-state index in [-0.39, 0.29) is 24.0 Å². The maximum Gasteiger partial charge on any atom is 0.311 e. The highest BCUT2D eigenvalue weighted by molar-refractivity contribution is 5.92. The lowest BCUT2D eigenvalue weighted by Gasteiger charge is -2.10. The predicted molar refractivity (Wildman–Crippen MR) is 87.9 cm³/mol. The van der Waals surface area contributed by atoms with E-state index in [0.717, 1.165) is 16.7 Å². The highest BCUT2D eigenvalue weighted by Gasteiger charge is 2.16. The van der Waals surface area contributed by atoms with Gasteiger partial charge < -0.3 is 10.1 Å². The van der Waals surface area contributed by atoms with Gasteiger partial charge in [-0.3, -0.25) is 14.9 Å². The number of carbonyl (C=O) groups excluding carboxylic acids is 1. The zero-order chi connectivity index (χ0) is 17.0. The van der Waals surface area contributed by atoms with Crippen LogP contribution in [0, 0.1) is 30.9 Å². The molecule has 0 bridgehead atoms. The lowest BCUT2D eigenvalue weighted by Crippen LogP contribution is -2.21. The molecule has 0 aromatic heterocycles. The minimum atomic E-state index is -0.523. The predicted octanol–water partition coefficient (Wildman–Crippen LogP) is 3.54. The van der Waals surface area contributed by atoms with Gasteiger partial charge in [-0.1, -0.05) is 23.8 Å². The number of amides is 1. The van der Waals surface area contributed by atoms with E-state index < -0.39 is 4.92 Å². The van der Waals surface area contributed by atoms with Gasteiger partial charge in [-0.15, -0.1) is 0 Å². The van der Waals surface area contributed by atoms with E-state index in [2.05, 4.69) is 5.32 Å². The molecule has 1 N–H and O–H groups in total. The van der Waals surface area contributed by atoms with Gasteiger partial charge in [-0.25, -0.2) is 0 Å². The third-order valence-electron chi connectivity index (χ3n) is 3.33. The average molecular weight is 314 g/mol. The summed E-state index contributed by atoms with van der Waals surface area (Å²) >= 11 is 0. The summed E-state index contributed by atoms with van der Waals surface area (Å²) in [6, 6.07) is 10.3. The first-order valence-corrected chi connectivity index (χ1v) is 7.12. The molecule has 120 valence electrons. The van der Waals surface area contributed by atoms with Gasteiger partial charge >= 0.3 is 5.69 Å². The van der Waals surface area contributed by atoms with Crippen molar-refractivity contribution in [2.24, 2.45) is 0 Å². The van der Waals surface area contributed by atoms with Crippen molar-refractivity contribution in [3.05, 3.63) is 63.2 Å². The number of hydrogen-bond acceptors (Lipinski definition) is 4. The molecule has 0 aliphatic rings. The van der Waals surface area contributed by atoms with E-state index >= 15 is 0 Å². The van der Waals surface area contributed by atoms with Crippen LogP contribution in [0.15, 0.2) is 36.4 Å². The molecule has 0 saturated heterocycles. The van der Waals surface area contributed by atoms with Gasteiger partial charge in [-0.05, 0) is 44.0 Å². The second-order valence-corrected chi connectivity index (χ2v) is 5.38. The Balaban J connectivity index is 2.03. The van der Waals surface area contributed by atoms with Crippen molar-refractivity contribution >= 4 is 17.3 Å². The summed E-state index contributed by atoms with van der Waals surface area (Å²) in [6.45, 7) is 5.33. The molecule has 0 unspecified atom stereocenters. The summed E-state index contributed by atoms with van der Waals surface area (Å²) in [5, 5.41) is 13.7. The number of ether oxygens (including phenoxy) is 1. The van der Waals surface area contributed by atoms with Crippen LogP contribution in [0.3, 0.4) is 0 Å². The molecule has 0 atom stereocenters. The van der Waals surface area contributed by atoms with Crippen LogP contribution in [0.2, 0.25) is 0 Å². The minimum absolute atomic E-state index is 0.0800. The van der Waals surface area contributed by atoms with Crippen LogP contribution in [0.5, 0.6) is 5.75 Å². The normalized spacial score (nSPS) is 10.2. The molecule has 2 aromatic rings. The van der Waals surface area contributed by atoms with Crippen molar-refractivity contribution in [3.63, 3.8) is 0 Å². The lowest BCUT2D eigenvalue weighted by atomic mass is 10.1. The second kappa shape index (κ2) is 6.91. The first kappa shape index (κ1) is 16.5. The molecule has 6 heteroatoms. The van der Waals surface area contributed by atoms with Crippen LogP contribution >= 0.6 is 0 Å². The molecule has 6 nitrogen and oxygen atoms in total. The molecule has 2 aromatic carbocycles. The number of nitro benzene ring substituents is 1. The topological polar surface area (TPSA) is 81.5 Å². The van der Waals surface area contributed by atoms with Gasteiger partial charge in [0, 0.05) is 11.8 Å². The summed E-state index contributed by atoms with van der Waals surface area (Å²) in [6.07, 6.45) is 0.